The number of aryl methyl sites for hydroxylation is 1. The highest BCUT2D eigenvalue weighted by Crippen LogP contribution is 2.14. The zero-order valence-corrected chi connectivity index (χ0v) is 13.1. The fourth-order valence-electron chi connectivity index (χ4n) is 2.86. The topological polar surface area (TPSA) is 23.6 Å². The Morgan fingerprint density at radius 1 is 1.15 bits per heavy atom. The average Bonchev–Trinajstić information content (AvgIpc) is 2.44. The van der Waals surface area contributed by atoms with Gasteiger partial charge in [0, 0.05) is 30.7 Å². The quantitative estimate of drug-likeness (QED) is 0.788. The first-order valence-corrected chi connectivity index (χ1v) is 7.57. The lowest BCUT2D eigenvalue weighted by molar-refractivity contribution is 0.0549. The molecule has 1 aliphatic heterocycles. The molecule has 0 spiro atoms. The Morgan fingerprint density at radius 3 is 2.20 bits per heavy atom. The smallest absolute Gasteiger partial charge is 0.176 e. The number of piperazine rings is 1. The van der Waals surface area contributed by atoms with E-state index in [4.69, 9.17) is 0 Å². The molecule has 0 bridgehead atoms. The Labute approximate surface area is 122 Å². The van der Waals surface area contributed by atoms with E-state index in [2.05, 4.69) is 49.8 Å². The van der Waals surface area contributed by atoms with Crippen molar-refractivity contribution in [3.8, 4) is 0 Å². The zero-order valence-electron chi connectivity index (χ0n) is 13.1. The molecule has 0 radical (unpaired) electrons. The van der Waals surface area contributed by atoms with Crippen molar-refractivity contribution in [2.45, 2.75) is 39.3 Å². The maximum atomic E-state index is 12.4. The molecule has 0 aliphatic carbocycles. The van der Waals surface area contributed by atoms with Gasteiger partial charge in [0.1, 0.15) is 0 Å². The monoisotopic (exact) mass is 274 g/mol. The molecular weight excluding hydrogens is 248 g/mol. The van der Waals surface area contributed by atoms with E-state index < -0.39 is 0 Å². The van der Waals surface area contributed by atoms with Gasteiger partial charge in [0.2, 0.25) is 0 Å². The van der Waals surface area contributed by atoms with E-state index in [1.54, 1.807) is 0 Å². The third-order valence-electron chi connectivity index (χ3n) is 4.49. The molecule has 2 rings (SSSR count). The van der Waals surface area contributed by atoms with Crippen LogP contribution in [0, 0.1) is 0 Å². The van der Waals surface area contributed by atoms with Crippen molar-refractivity contribution >= 4 is 5.78 Å². The summed E-state index contributed by atoms with van der Waals surface area (Å²) in [5.74, 6) is 0.233. The summed E-state index contributed by atoms with van der Waals surface area (Å²) in [6.07, 6.45) is 1.02. The lowest BCUT2D eigenvalue weighted by Gasteiger charge is -2.42. The highest BCUT2D eigenvalue weighted by atomic mass is 16.1. The van der Waals surface area contributed by atoms with Crippen molar-refractivity contribution in [2.75, 3.05) is 26.7 Å². The first-order chi connectivity index (χ1) is 9.51. The first-order valence-electron chi connectivity index (χ1n) is 7.57. The van der Waals surface area contributed by atoms with Gasteiger partial charge in [-0.3, -0.25) is 14.6 Å². The number of carbonyl (C=O) groups excluding carboxylic acids is 1. The Hall–Kier alpha value is -1.19. The molecule has 0 saturated carbocycles. The van der Waals surface area contributed by atoms with Gasteiger partial charge in [0.05, 0.1) is 6.54 Å². The zero-order chi connectivity index (χ0) is 14.7. The van der Waals surface area contributed by atoms with Crippen LogP contribution in [-0.2, 0) is 6.42 Å². The third-order valence-corrected chi connectivity index (χ3v) is 4.49. The van der Waals surface area contributed by atoms with Crippen molar-refractivity contribution in [3.05, 3.63) is 35.4 Å². The molecule has 3 nitrogen and oxygen atoms in total. The number of rotatable bonds is 4. The minimum absolute atomic E-state index is 0.233. The van der Waals surface area contributed by atoms with Crippen LogP contribution in [0.15, 0.2) is 24.3 Å². The molecule has 0 aromatic heterocycles. The van der Waals surface area contributed by atoms with Gasteiger partial charge in [-0.1, -0.05) is 31.2 Å². The Balaban J connectivity index is 1.97. The van der Waals surface area contributed by atoms with Crippen molar-refractivity contribution in [3.63, 3.8) is 0 Å². The van der Waals surface area contributed by atoms with Gasteiger partial charge < -0.3 is 0 Å². The van der Waals surface area contributed by atoms with E-state index >= 15 is 0 Å². The van der Waals surface area contributed by atoms with Gasteiger partial charge in [-0.05, 0) is 32.9 Å². The first kappa shape index (κ1) is 15.2. The summed E-state index contributed by atoms with van der Waals surface area (Å²) in [4.78, 5) is 17.0. The minimum Gasteiger partial charge on any atom is -0.298 e. The number of ketones is 1. The number of likely N-dealkylation sites (N-methyl/N-ethyl adjacent to an activating group) is 1. The normalized spacial score (nSPS) is 24.8. The van der Waals surface area contributed by atoms with Crippen molar-refractivity contribution in [1.29, 1.82) is 0 Å². The van der Waals surface area contributed by atoms with E-state index in [1.807, 2.05) is 12.1 Å². The average molecular weight is 274 g/mol. The summed E-state index contributed by atoms with van der Waals surface area (Å²) < 4.78 is 0. The molecule has 1 saturated heterocycles. The largest absolute Gasteiger partial charge is 0.298 e. The van der Waals surface area contributed by atoms with E-state index in [0.717, 1.165) is 25.1 Å². The van der Waals surface area contributed by atoms with Gasteiger partial charge in [0.15, 0.2) is 5.78 Å². The fourth-order valence-corrected chi connectivity index (χ4v) is 2.86. The molecule has 2 atom stereocenters. The summed E-state index contributed by atoms with van der Waals surface area (Å²) >= 11 is 0. The lowest BCUT2D eigenvalue weighted by atomic mass is 10.0. The Morgan fingerprint density at radius 2 is 1.70 bits per heavy atom. The molecule has 110 valence electrons. The number of benzene rings is 1. The molecule has 0 N–H and O–H groups in total. The van der Waals surface area contributed by atoms with E-state index in [-0.39, 0.29) is 5.78 Å². The molecule has 1 fully saturated rings. The Kier molecular flexibility index (Phi) is 4.95. The lowest BCUT2D eigenvalue weighted by Crippen LogP contribution is -2.55. The van der Waals surface area contributed by atoms with Crippen LogP contribution < -0.4 is 0 Å². The second-order valence-corrected chi connectivity index (χ2v) is 6.03. The summed E-state index contributed by atoms with van der Waals surface area (Å²) in [5.41, 5.74) is 2.12. The number of hydrogen-bond donors (Lipinski definition) is 0. The van der Waals surface area contributed by atoms with Crippen LogP contribution in [-0.4, -0.2) is 54.3 Å². The van der Waals surface area contributed by atoms with E-state index in [0.29, 0.717) is 18.6 Å². The molecule has 1 heterocycles. The predicted octanol–water partition coefficient (Wildman–Crippen LogP) is 2.46. The maximum Gasteiger partial charge on any atom is 0.176 e. The van der Waals surface area contributed by atoms with Crippen LogP contribution in [0.4, 0.5) is 0 Å². The second kappa shape index (κ2) is 6.51. The van der Waals surface area contributed by atoms with Crippen LogP contribution in [0.3, 0.4) is 0 Å². The predicted molar refractivity (Wildman–Crippen MR) is 83.3 cm³/mol. The minimum atomic E-state index is 0.233. The van der Waals surface area contributed by atoms with Crippen LogP contribution in [0.1, 0.15) is 36.7 Å². The van der Waals surface area contributed by atoms with Gasteiger partial charge in [-0.25, -0.2) is 0 Å². The standard InChI is InChI=1S/C17H26N2O/c1-5-15-6-8-16(9-7-15)17(20)12-19-10-13(2)18(4)14(3)11-19/h6-9,13-14H,5,10-12H2,1-4H3. The number of carbonyl (C=O) groups is 1. The summed E-state index contributed by atoms with van der Waals surface area (Å²) in [5, 5.41) is 0. The van der Waals surface area contributed by atoms with Crippen molar-refractivity contribution in [1.82, 2.24) is 9.80 Å². The highest BCUT2D eigenvalue weighted by Gasteiger charge is 2.27. The SMILES string of the molecule is CCc1ccc(C(=O)CN2CC(C)N(C)C(C)C2)cc1. The molecule has 1 aliphatic rings. The Bertz CT molecular complexity index is 443. The molecule has 1 aromatic carbocycles. The summed E-state index contributed by atoms with van der Waals surface area (Å²) in [7, 11) is 2.16. The van der Waals surface area contributed by atoms with Gasteiger partial charge in [0.25, 0.3) is 0 Å². The fraction of sp³-hybridized carbons (Fsp3) is 0.588. The number of hydrogen-bond acceptors (Lipinski definition) is 3. The van der Waals surface area contributed by atoms with Gasteiger partial charge >= 0.3 is 0 Å². The van der Waals surface area contributed by atoms with Crippen LogP contribution in [0.2, 0.25) is 0 Å². The summed E-state index contributed by atoms with van der Waals surface area (Å²) in [6.45, 7) is 9.06. The molecule has 2 unspecified atom stereocenters. The van der Waals surface area contributed by atoms with E-state index in [1.165, 1.54) is 5.56 Å². The van der Waals surface area contributed by atoms with E-state index in [9.17, 15) is 4.79 Å². The van der Waals surface area contributed by atoms with Crippen molar-refractivity contribution < 1.29 is 4.79 Å². The molecule has 1 aromatic rings. The molecule has 0 amide bonds. The molecule has 3 heteroatoms. The summed E-state index contributed by atoms with van der Waals surface area (Å²) in [6, 6.07) is 9.06. The number of nitrogens with zero attached hydrogens (tertiary/aromatic N) is 2. The second-order valence-electron chi connectivity index (χ2n) is 6.03. The van der Waals surface area contributed by atoms with Crippen LogP contribution in [0.5, 0.6) is 0 Å². The maximum absolute atomic E-state index is 12.4. The number of Topliss-reactive ketones (excluding diaryl/α,β-unsaturated/α-hetero) is 1. The highest BCUT2D eigenvalue weighted by molar-refractivity contribution is 5.97. The van der Waals surface area contributed by atoms with Crippen LogP contribution >= 0.6 is 0 Å². The molecular formula is C17H26N2O. The van der Waals surface area contributed by atoms with Crippen molar-refractivity contribution in [2.24, 2.45) is 0 Å². The van der Waals surface area contributed by atoms with Gasteiger partial charge in [-0.15, -0.1) is 0 Å². The molecule has 20 heavy (non-hydrogen) atoms. The van der Waals surface area contributed by atoms with Crippen LogP contribution in [0.25, 0.3) is 0 Å². The third kappa shape index (κ3) is 3.47. The van der Waals surface area contributed by atoms with Gasteiger partial charge in [-0.2, -0.15) is 0 Å².